The standard InChI is InChI=1S/C25H32N4O3S/c1-18-21-23(32-3)26-20(17-31-2)27-24(21)33-22(18)25(30)29-14-8-13-28(15-16-29)12-7-11-19-9-5-4-6-10-19/h4-6,9-10H,7-8,11-17H2,1-3H3. The lowest BCUT2D eigenvalue weighted by Gasteiger charge is -2.22. The second kappa shape index (κ2) is 11.0. The zero-order chi connectivity index (χ0) is 23.2. The predicted octanol–water partition coefficient (Wildman–Crippen LogP) is 3.94. The quantitative estimate of drug-likeness (QED) is 0.499. The van der Waals surface area contributed by atoms with Crippen molar-refractivity contribution in [1.29, 1.82) is 0 Å². The van der Waals surface area contributed by atoms with Crippen LogP contribution in [0.1, 0.15) is 39.5 Å². The molecule has 1 saturated heterocycles. The predicted molar refractivity (Wildman–Crippen MR) is 131 cm³/mol. The fourth-order valence-corrected chi connectivity index (χ4v) is 5.54. The summed E-state index contributed by atoms with van der Waals surface area (Å²) >= 11 is 1.42. The van der Waals surface area contributed by atoms with Gasteiger partial charge in [0.2, 0.25) is 5.88 Å². The van der Waals surface area contributed by atoms with E-state index in [9.17, 15) is 4.79 Å². The average Bonchev–Trinajstić information content (AvgIpc) is 3.00. The fraction of sp³-hybridized carbons (Fsp3) is 0.480. The number of aromatic nitrogens is 2. The molecule has 1 aromatic carbocycles. The van der Waals surface area contributed by atoms with Gasteiger partial charge in [0.25, 0.3) is 5.91 Å². The van der Waals surface area contributed by atoms with Crippen LogP contribution in [-0.2, 0) is 17.8 Å². The minimum atomic E-state index is 0.0805. The van der Waals surface area contributed by atoms with Gasteiger partial charge in [0.15, 0.2) is 5.82 Å². The first-order chi connectivity index (χ1) is 16.1. The Hall–Kier alpha value is -2.55. The number of rotatable bonds is 8. The van der Waals surface area contributed by atoms with Crippen LogP contribution in [-0.4, -0.2) is 72.6 Å². The van der Waals surface area contributed by atoms with E-state index in [1.807, 2.05) is 11.8 Å². The molecule has 0 radical (unpaired) electrons. The van der Waals surface area contributed by atoms with Gasteiger partial charge in [0, 0.05) is 26.7 Å². The Bertz CT molecular complexity index is 1090. The minimum Gasteiger partial charge on any atom is -0.480 e. The first-order valence-corrected chi connectivity index (χ1v) is 12.3. The molecule has 8 heteroatoms. The lowest BCUT2D eigenvalue weighted by atomic mass is 10.1. The highest BCUT2D eigenvalue weighted by Crippen LogP contribution is 2.35. The Morgan fingerprint density at radius 3 is 2.67 bits per heavy atom. The number of hydrogen-bond donors (Lipinski definition) is 0. The third-order valence-corrected chi connectivity index (χ3v) is 7.30. The number of thiophene rings is 1. The van der Waals surface area contributed by atoms with E-state index < -0.39 is 0 Å². The molecule has 0 unspecified atom stereocenters. The van der Waals surface area contributed by atoms with E-state index in [1.165, 1.54) is 16.9 Å². The first kappa shape index (κ1) is 23.6. The topological polar surface area (TPSA) is 67.8 Å². The average molecular weight is 469 g/mol. The highest BCUT2D eigenvalue weighted by molar-refractivity contribution is 7.20. The molecule has 0 saturated carbocycles. The molecule has 0 bridgehead atoms. The number of ether oxygens (including phenoxy) is 2. The summed E-state index contributed by atoms with van der Waals surface area (Å²) in [4.78, 5) is 28.5. The van der Waals surface area contributed by atoms with Gasteiger partial charge in [-0.25, -0.2) is 4.98 Å². The number of methoxy groups -OCH3 is 2. The van der Waals surface area contributed by atoms with Crippen molar-refractivity contribution < 1.29 is 14.3 Å². The molecular formula is C25H32N4O3S. The number of hydrogen-bond acceptors (Lipinski definition) is 7. The van der Waals surface area contributed by atoms with Gasteiger partial charge in [-0.1, -0.05) is 30.3 Å². The zero-order valence-electron chi connectivity index (χ0n) is 19.7. The molecule has 33 heavy (non-hydrogen) atoms. The van der Waals surface area contributed by atoms with Crippen LogP contribution in [0.5, 0.6) is 5.88 Å². The molecule has 0 aliphatic carbocycles. The van der Waals surface area contributed by atoms with Gasteiger partial charge in [-0.2, -0.15) is 4.98 Å². The summed E-state index contributed by atoms with van der Waals surface area (Å²) in [5.74, 6) is 1.14. The monoisotopic (exact) mass is 468 g/mol. The largest absolute Gasteiger partial charge is 0.480 e. The molecule has 3 heterocycles. The van der Waals surface area contributed by atoms with Crippen molar-refractivity contribution in [1.82, 2.24) is 19.8 Å². The smallest absolute Gasteiger partial charge is 0.264 e. The molecule has 1 aliphatic heterocycles. The third kappa shape index (κ3) is 5.51. The van der Waals surface area contributed by atoms with E-state index in [0.717, 1.165) is 72.6 Å². The van der Waals surface area contributed by atoms with Crippen molar-refractivity contribution in [3.63, 3.8) is 0 Å². The Morgan fingerprint density at radius 2 is 1.91 bits per heavy atom. The Balaban J connectivity index is 1.42. The number of fused-ring (bicyclic) bond motifs is 1. The molecule has 0 N–H and O–H groups in total. The maximum atomic E-state index is 13.5. The molecule has 1 aliphatic rings. The SMILES string of the molecule is COCc1nc(OC)c2c(C)c(C(=O)N3CCCN(CCCc4ccccc4)CC3)sc2n1. The van der Waals surface area contributed by atoms with Crippen LogP contribution in [0.15, 0.2) is 30.3 Å². The normalized spacial score (nSPS) is 15.1. The number of aryl methyl sites for hydroxylation is 2. The summed E-state index contributed by atoms with van der Waals surface area (Å²) in [7, 11) is 3.21. The summed E-state index contributed by atoms with van der Waals surface area (Å²) < 4.78 is 10.7. The van der Waals surface area contributed by atoms with Gasteiger partial charge in [0.1, 0.15) is 11.4 Å². The van der Waals surface area contributed by atoms with Gasteiger partial charge in [-0.15, -0.1) is 11.3 Å². The molecular weight excluding hydrogens is 436 g/mol. The lowest BCUT2D eigenvalue weighted by molar-refractivity contribution is 0.0765. The minimum absolute atomic E-state index is 0.0805. The van der Waals surface area contributed by atoms with E-state index in [1.54, 1.807) is 14.2 Å². The summed E-state index contributed by atoms with van der Waals surface area (Å²) in [6, 6.07) is 10.6. The molecule has 3 aromatic rings. The second-order valence-corrected chi connectivity index (χ2v) is 9.39. The molecule has 176 valence electrons. The van der Waals surface area contributed by atoms with Gasteiger partial charge >= 0.3 is 0 Å². The van der Waals surface area contributed by atoms with Crippen LogP contribution in [0, 0.1) is 6.92 Å². The highest BCUT2D eigenvalue weighted by Gasteiger charge is 2.26. The van der Waals surface area contributed by atoms with Crippen molar-refractivity contribution in [2.24, 2.45) is 0 Å². The second-order valence-electron chi connectivity index (χ2n) is 8.40. The summed E-state index contributed by atoms with van der Waals surface area (Å²) in [5, 5.41) is 0.822. The Labute approximate surface area is 199 Å². The molecule has 7 nitrogen and oxygen atoms in total. The maximum Gasteiger partial charge on any atom is 0.264 e. The summed E-state index contributed by atoms with van der Waals surface area (Å²) in [5.41, 5.74) is 2.28. The first-order valence-electron chi connectivity index (χ1n) is 11.5. The number of carbonyl (C=O) groups excluding carboxylic acids is 1. The number of carbonyl (C=O) groups is 1. The van der Waals surface area contributed by atoms with Crippen LogP contribution in [0.25, 0.3) is 10.2 Å². The number of benzene rings is 1. The summed E-state index contributed by atoms with van der Waals surface area (Å²) in [6.45, 7) is 6.79. The van der Waals surface area contributed by atoms with E-state index in [4.69, 9.17) is 9.47 Å². The number of amides is 1. The Kier molecular flexibility index (Phi) is 7.90. The van der Waals surface area contributed by atoms with Crippen LogP contribution >= 0.6 is 11.3 Å². The van der Waals surface area contributed by atoms with E-state index in [2.05, 4.69) is 45.2 Å². The van der Waals surface area contributed by atoms with Crippen LogP contribution < -0.4 is 4.74 Å². The van der Waals surface area contributed by atoms with Crippen molar-refractivity contribution in [3.05, 3.63) is 52.2 Å². The van der Waals surface area contributed by atoms with Crippen LogP contribution in [0.2, 0.25) is 0 Å². The van der Waals surface area contributed by atoms with Gasteiger partial charge in [0.05, 0.1) is 17.4 Å². The Morgan fingerprint density at radius 1 is 1.09 bits per heavy atom. The molecule has 0 spiro atoms. The van der Waals surface area contributed by atoms with Crippen molar-refractivity contribution in [2.45, 2.75) is 32.8 Å². The van der Waals surface area contributed by atoms with Crippen molar-refractivity contribution >= 4 is 27.5 Å². The molecule has 2 aromatic heterocycles. The summed E-state index contributed by atoms with van der Waals surface area (Å²) in [6.07, 6.45) is 3.21. The van der Waals surface area contributed by atoms with Gasteiger partial charge in [-0.05, 0) is 50.4 Å². The van der Waals surface area contributed by atoms with Crippen LogP contribution in [0.3, 0.4) is 0 Å². The molecule has 1 fully saturated rings. The van der Waals surface area contributed by atoms with Gasteiger partial charge in [-0.3, -0.25) is 4.79 Å². The molecule has 1 amide bonds. The number of nitrogens with zero attached hydrogens (tertiary/aromatic N) is 4. The maximum absolute atomic E-state index is 13.5. The highest BCUT2D eigenvalue weighted by atomic mass is 32.1. The zero-order valence-corrected chi connectivity index (χ0v) is 20.5. The van der Waals surface area contributed by atoms with Crippen molar-refractivity contribution in [2.75, 3.05) is 46.9 Å². The van der Waals surface area contributed by atoms with E-state index in [0.29, 0.717) is 18.3 Å². The van der Waals surface area contributed by atoms with Gasteiger partial charge < -0.3 is 19.3 Å². The molecule has 0 atom stereocenters. The van der Waals surface area contributed by atoms with Crippen LogP contribution in [0.4, 0.5) is 0 Å². The molecule has 4 rings (SSSR count). The lowest BCUT2D eigenvalue weighted by Crippen LogP contribution is -2.35. The van der Waals surface area contributed by atoms with E-state index in [-0.39, 0.29) is 5.91 Å². The van der Waals surface area contributed by atoms with E-state index >= 15 is 0 Å². The fourth-order valence-electron chi connectivity index (χ4n) is 4.38. The van der Waals surface area contributed by atoms with Crippen molar-refractivity contribution in [3.8, 4) is 5.88 Å². The third-order valence-electron chi connectivity index (χ3n) is 6.12.